The molecule has 0 aliphatic carbocycles. The highest BCUT2D eigenvalue weighted by atomic mass is 16.5. The van der Waals surface area contributed by atoms with E-state index in [0.29, 0.717) is 6.54 Å². The van der Waals surface area contributed by atoms with Gasteiger partial charge in [-0.15, -0.1) is 0 Å². The zero-order chi connectivity index (χ0) is 15.7. The van der Waals surface area contributed by atoms with Crippen LogP contribution in [0.15, 0.2) is 30.3 Å². The highest BCUT2D eigenvalue weighted by molar-refractivity contribution is 5.96. The van der Waals surface area contributed by atoms with E-state index in [1.807, 2.05) is 30.3 Å². The van der Waals surface area contributed by atoms with Crippen molar-refractivity contribution in [1.29, 1.82) is 0 Å². The first-order chi connectivity index (χ1) is 10.0. The molecule has 0 bridgehead atoms. The first-order valence-electron chi connectivity index (χ1n) is 6.73. The first-order valence-corrected chi connectivity index (χ1v) is 6.73. The number of benzene rings is 1. The molecular formula is C15H22N2O4. The number of imide groups is 1. The number of aliphatic hydroxyl groups excluding tert-OH is 1. The van der Waals surface area contributed by atoms with Gasteiger partial charge in [0.1, 0.15) is 0 Å². The van der Waals surface area contributed by atoms with Gasteiger partial charge in [-0.25, -0.2) is 0 Å². The van der Waals surface area contributed by atoms with Gasteiger partial charge in [-0.3, -0.25) is 19.8 Å². The van der Waals surface area contributed by atoms with Crippen LogP contribution < -0.4 is 5.32 Å². The van der Waals surface area contributed by atoms with Crippen LogP contribution in [0.3, 0.4) is 0 Å². The minimum Gasteiger partial charge on any atom is -0.389 e. The molecule has 0 fully saturated rings. The third-order valence-electron chi connectivity index (χ3n) is 2.78. The Kier molecular flexibility index (Phi) is 7.60. The highest BCUT2D eigenvalue weighted by Crippen LogP contribution is 1.99. The lowest BCUT2D eigenvalue weighted by Crippen LogP contribution is -2.42. The molecule has 6 nitrogen and oxygen atoms in total. The zero-order valence-electron chi connectivity index (χ0n) is 12.4. The smallest absolute Gasteiger partial charge is 0.240 e. The number of rotatable bonds is 8. The number of nitrogens with one attached hydrogen (secondary N) is 1. The van der Waals surface area contributed by atoms with E-state index in [1.165, 1.54) is 7.11 Å². The second kappa shape index (κ2) is 9.23. The largest absolute Gasteiger partial charge is 0.389 e. The quantitative estimate of drug-likeness (QED) is 0.695. The number of ether oxygens (including phenoxy) is 1. The van der Waals surface area contributed by atoms with E-state index in [1.54, 1.807) is 11.9 Å². The number of hydrogen-bond donors (Lipinski definition) is 2. The van der Waals surface area contributed by atoms with E-state index in [-0.39, 0.29) is 31.4 Å². The minimum atomic E-state index is -0.659. The maximum atomic E-state index is 11.7. The summed E-state index contributed by atoms with van der Waals surface area (Å²) in [5.74, 6) is -0.722. The standard InChI is InChI=1S/C15H22N2O4/c1-17(9-13(18)11-21-2)10-15(20)16-14(19)8-12-6-4-3-5-7-12/h3-7,13,18H,8-11H2,1-2H3,(H,16,19,20). The van der Waals surface area contributed by atoms with Crippen LogP contribution in [0.1, 0.15) is 5.56 Å². The third kappa shape index (κ3) is 7.55. The molecule has 1 aromatic rings. The van der Waals surface area contributed by atoms with Crippen molar-refractivity contribution in [3.8, 4) is 0 Å². The van der Waals surface area contributed by atoms with Gasteiger partial charge in [0.15, 0.2) is 0 Å². The zero-order valence-corrected chi connectivity index (χ0v) is 12.4. The lowest BCUT2D eigenvalue weighted by Gasteiger charge is -2.19. The molecular weight excluding hydrogens is 272 g/mol. The number of nitrogens with zero attached hydrogens (tertiary/aromatic N) is 1. The molecule has 21 heavy (non-hydrogen) atoms. The van der Waals surface area contributed by atoms with Crippen LogP contribution in [-0.4, -0.2) is 61.8 Å². The summed E-state index contributed by atoms with van der Waals surface area (Å²) >= 11 is 0. The Balaban J connectivity index is 2.31. The lowest BCUT2D eigenvalue weighted by atomic mass is 10.1. The predicted octanol–water partition coefficient (Wildman–Crippen LogP) is -0.189. The van der Waals surface area contributed by atoms with Crippen molar-refractivity contribution in [3.05, 3.63) is 35.9 Å². The third-order valence-corrected chi connectivity index (χ3v) is 2.78. The average molecular weight is 294 g/mol. The lowest BCUT2D eigenvalue weighted by molar-refractivity contribution is -0.130. The fourth-order valence-corrected chi connectivity index (χ4v) is 1.94. The molecule has 0 heterocycles. The SMILES string of the molecule is COCC(O)CN(C)CC(=O)NC(=O)Cc1ccccc1. The number of methoxy groups -OCH3 is 1. The van der Waals surface area contributed by atoms with Crippen molar-refractivity contribution in [3.63, 3.8) is 0 Å². The molecule has 0 saturated carbocycles. The van der Waals surface area contributed by atoms with Crippen LogP contribution >= 0.6 is 0 Å². The Morgan fingerprint density at radius 3 is 2.57 bits per heavy atom. The Labute approximate surface area is 124 Å². The molecule has 1 rings (SSSR count). The van der Waals surface area contributed by atoms with Crippen molar-refractivity contribution in [2.45, 2.75) is 12.5 Å². The van der Waals surface area contributed by atoms with Crippen molar-refractivity contribution >= 4 is 11.8 Å². The van der Waals surface area contributed by atoms with Crippen molar-refractivity contribution < 1.29 is 19.4 Å². The highest BCUT2D eigenvalue weighted by Gasteiger charge is 2.13. The van der Waals surface area contributed by atoms with Crippen LogP contribution in [0.5, 0.6) is 0 Å². The van der Waals surface area contributed by atoms with Crippen LogP contribution in [0, 0.1) is 0 Å². The molecule has 1 unspecified atom stereocenters. The normalized spacial score (nSPS) is 12.2. The molecule has 0 saturated heterocycles. The van der Waals surface area contributed by atoms with Crippen molar-refractivity contribution in [2.75, 3.05) is 33.9 Å². The summed E-state index contributed by atoms with van der Waals surface area (Å²) in [5, 5.41) is 11.9. The molecule has 0 spiro atoms. The van der Waals surface area contributed by atoms with Gasteiger partial charge in [0, 0.05) is 13.7 Å². The van der Waals surface area contributed by atoms with Gasteiger partial charge in [-0.05, 0) is 12.6 Å². The summed E-state index contributed by atoms with van der Waals surface area (Å²) in [4.78, 5) is 25.0. The van der Waals surface area contributed by atoms with E-state index in [4.69, 9.17) is 4.74 Å². The Morgan fingerprint density at radius 1 is 1.29 bits per heavy atom. The molecule has 0 radical (unpaired) electrons. The summed E-state index contributed by atoms with van der Waals surface area (Å²) in [6, 6.07) is 9.21. The number of carbonyl (C=O) groups is 2. The van der Waals surface area contributed by atoms with Gasteiger partial charge in [0.05, 0.1) is 25.7 Å². The van der Waals surface area contributed by atoms with Gasteiger partial charge in [0.25, 0.3) is 0 Å². The molecule has 0 aliphatic rings. The van der Waals surface area contributed by atoms with Crippen molar-refractivity contribution in [1.82, 2.24) is 10.2 Å². The Bertz CT molecular complexity index is 450. The van der Waals surface area contributed by atoms with E-state index in [2.05, 4.69) is 5.32 Å². The second-order valence-corrected chi connectivity index (χ2v) is 4.94. The molecule has 1 atom stereocenters. The van der Waals surface area contributed by atoms with E-state index < -0.39 is 6.10 Å². The van der Waals surface area contributed by atoms with E-state index in [0.717, 1.165) is 5.56 Å². The Morgan fingerprint density at radius 2 is 1.95 bits per heavy atom. The first kappa shape index (κ1) is 17.3. The predicted molar refractivity (Wildman–Crippen MR) is 78.7 cm³/mol. The van der Waals surface area contributed by atoms with Gasteiger partial charge < -0.3 is 9.84 Å². The van der Waals surface area contributed by atoms with Crippen LogP contribution in [-0.2, 0) is 20.7 Å². The molecule has 116 valence electrons. The number of hydrogen-bond acceptors (Lipinski definition) is 5. The summed E-state index contributed by atoms with van der Waals surface area (Å²) in [6.07, 6.45) is -0.490. The second-order valence-electron chi connectivity index (χ2n) is 4.94. The van der Waals surface area contributed by atoms with Crippen LogP contribution in [0.4, 0.5) is 0 Å². The molecule has 0 aromatic heterocycles. The van der Waals surface area contributed by atoms with Gasteiger partial charge in [0.2, 0.25) is 11.8 Å². The number of likely N-dealkylation sites (N-methyl/N-ethyl adjacent to an activating group) is 1. The number of amides is 2. The fourth-order valence-electron chi connectivity index (χ4n) is 1.94. The van der Waals surface area contributed by atoms with Crippen LogP contribution in [0.2, 0.25) is 0 Å². The van der Waals surface area contributed by atoms with E-state index in [9.17, 15) is 14.7 Å². The molecule has 1 aromatic carbocycles. The maximum Gasteiger partial charge on any atom is 0.240 e. The van der Waals surface area contributed by atoms with Crippen LogP contribution in [0.25, 0.3) is 0 Å². The number of carbonyl (C=O) groups excluding carboxylic acids is 2. The summed E-state index contributed by atoms with van der Waals surface area (Å²) in [5.41, 5.74) is 0.853. The Hall–Kier alpha value is -1.76. The molecule has 2 N–H and O–H groups in total. The summed E-state index contributed by atoms with van der Waals surface area (Å²) < 4.78 is 4.81. The van der Waals surface area contributed by atoms with Gasteiger partial charge in [-0.1, -0.05) is 30.3 Å². The van der Waals surface area contributed by atoms with E-state index >= 15 is 0 Å². The summed E-state index contributed by atoms with van der Waals surface area (Å²) in [6.45, 7) is 0.550. The van der Waals surface area contributed by atoms with Gasteiger partial charge >= 0.3 is 0 Å². The monoisotopic (exact) mass is 294 g/mol. The minimum absolute atomic E-state index is 0.0430. The van der Waals surface area contributed by atoms with Gasteiger partial charge in [-0.2, -0.15) is 0 Å². The summed E-state index contributed by atoms with van der Waals surface area (Å²) in [7, 11) is 3.19. The topological polar surface area (TPSA) is 78.9 Å². The fraction of sp³-hybridized carbons (Fsp3) is 0.467. The molecule has 6 heteroatoms. The molecule has 0 aliphatic heterocycles. The number of aliphatic hydroxyl groups is 1. The maximum absolute atomic E-state index is 11.7. The molecule has 2 amide bonds. The van der Waals surface area contributed by atoms with Crippen molar-refractivity contribution in [2.24, 2.45) is 0 Å². The average Bonchev–Trinajstić information content (AvgIpc) is 2.39.